The van der Waals surface area contributed by atoms with E-state index in [9.17, 15) is 15.2 Å². The monoisotopic (exact) mass is 299 g/mol. The quantitative estimate of drug-likeness (QED) is 0.679. The van der Waals surface area contributed by atoms with Crippen LogP contribution in [0.5, 0.6) is 10.8 Å². The number of nitrogens with zero attached hydrogens (tertiary/aromatic N) is 1. The fourth-order valence-corrected chi connectivity index (χ4v) is 2.46. The Labute approximate surface area is 118 Å². The first-order chi connectivity index (χ1) is 8.97. The SMILES string of the molecule is C[C@@H](O)c1cc([N+](=O)[O-])c(Oc2ccc(Cl)cc2)s1. The van der Waals surface area contributed by atoms with Gasteiger partial charge in [0.2, 0.25) is 0 Å². The molecule has 5 nitrogen and oxygen atoms in total. The van der Waals surface area contributed by atoms with Crippen molar-refractivity contribution >= 4 is 28.6 Å². The maximum absolute atomic E-state index is 10.9. The minimum absolute atomic E-state index is 0.142. The van der Waals surface area contributed by atoms with Crippen molar-refractivity contribution in [2.45, 2.75) is 13.0 Å². The maximum atomic E-state index is 10.9. The summed E-state index contributed by atoms with van der Waals surface area (Å²) in [6.45, 7) is 1.54. The van der Waals surface area contributed by atoms with Crippen molar-refractivity contribution in [3.05, 3.63) is 50.3 Å². The van der Waals surface area contributed by atoms with Crippen molar-refractivity contribution in [2.75, 3.05) is 0 Å². The van der Waals surface area contributed by atoms with Gasteiger partial charge in [-0.15, -0.1) is 0 Å². The Morgan fingerprint density at radius 1 is 1.42 bits per heavy atom. The van der Waals surface area contributed by atoms with Crippen molar-refractivity contribution in [3.63, 3.8) is 0 Å². The number of aliphatic hydroxyl groups excluding tert-OH is 1. The zero-order valence-corrected chi connectivity index (χ0v) is 11.4. The minimum Gasteiger partial charge on any atom is -0.440 e. The van der Waals surface area contributed by atoms with Gasteiger partial charge in [-0.05, 0) is 31.2 Å². The number of nitro groups is 1. The lowest BCUT2D eigenvalue weighted by Gasteiger charge is -2.02. The molecule has 1 N–H and O–H groups in total. The summed E-state index contributed by atoms with van der Waals surface area (Å²) in [4.78, 5) is 10.9. The summed E-state index contributed by atoms with van der Waals surface area (Å²) in [7, 11) is 0. The summed E-state index contributed by atoms with van der Waals surface area (Å²) < 4.78 is 5.46. The second kappa shape index (κ2) is 5.56. The van der Waals surface area contributed by atoms with Crippen LogP contribution in [-0.4, -0.2) is 10.0 Å². The molecule has 0 aliphatic heterocycles. The van der Waals surface area contributed by atoms with E-state index in [-0.39, 0.29) is 10.8 Å². The van der Waals surface area contributed by atoms with Crippen molar-refractivity contribution < 1.29 is 14.8 Å². The Hall–Kier alpha value is -1.63. The van der Waals surface area contributed by atoms with Gasteiger partial charge in [-0.2, -0.15) is 0 Å². The standard InChI is InChI=1S/C12H10ClNO4S/c1-7(15)11-6-10(14(16)17)12(19-11)18-9-4-2-8(13)3-5-9/h2-7,15H,1H3/t7-/m1/s1. The molecule has 0 saturated carbocycles. The average molecular weight is 300 g/mol. The zero-order chi connectivity index (χ0) is 14.0. The molecule has 0 unspecified atom stereocenters. The van der Waals surface area contributed by atoms with Gasteiger partial charge in [0.15, 0.2) is 0 Å². The van der Waals surface area contributed by atoms with Crippen LogP contribution in [0.3, 0.4) is 0 Å². The molecule has 2 rings (SSSR count). The molecule has 2 aromatic rings. The summed E-state index contributed by atoms with van der Waals surface area (Å²) in [5, 5.41) is 21.1. The van der Waals surface area contributed by atoms with Gasteiger partial charge in [0.1, 0.15) is 5.75 Å². The van der Waals surface area contributed by atoms with Crippen LogP contribution in [0.25, 0.3) is 0 Å². The van der Waals surface area contributed by atoms with Crippen molar-refractivity contribution in [1.82, 2.24) is 0 Å². The van der Waals surface area contributed by atoms with E-state index in [4.69, 9.17) is 16.3 Å². The highest BCUT2D eigenvalue weighted by molar-refractivity contribution is 7.14. The lowest BCUT2D eigenvalue weighted by atomic mass is 10.3. The Bertz CT molecular complexity index is 594. The predicted octanol–water partition coefficient (Wildman–Crippen LogP) is 4.16. The Balaban J connectivity index is 2.33. The molecule has 7 heteroatoms. The number of aliphatic hydroxyl groups is 1. The van der Waals surface area contributed by atoms with Gasteiger partial charge in [-0.25, -0.2) is 0 Å². The second-order valence-electron chi connectivity index (χ2n) is 3.81. The maximum Gasteiger partial charge on any atom is 0.323 e. The number of benzene rings is 1. The van der Waals surface area contributed by atoms with Crippen LogP contribution >= 0.6 is 22.9 Å². The summed E-state index contributed by atoms with van der Waals surface area (Å²) in [5.74, 6) is 0.450. The van der Waals surface area contributed by atoms with Gasteiger partial charge in [-0.1, -0.05) is 22.9 Å². The van der Waals surface area contributed by atoms with E-state index < -0.39 is 11.0 Å². The first-order valence-electron chi connectivity index (χ1n) is 5.37. The van der Waals surface area contributed by atoms with Crippen molar-refractivity contribution in [1.29, 1.82) is 0 Å². The summed E-state index contributed by atoms with van der Waals surface area (Å²) in [6.07, 6.45) is -0.772. The molecule has 0 spiro atoms. The third-order valence-corrected chi connectivity index (χ3v) is 3.76. The third-order valence-electron chi connectivity index (χ3n) is 2.33. The molecule has 1 atom stereocenters. The van der Waals surface area contributed by atoms with Crippen LogP contribution in [0.15, 0.2) is 30.3 Å². The number of halogens is 1. The van der Waals surface area contributed by atoms with Crippen molar-refractivity contribution in [2.24, 2.45) is 0 Å². The molecule has 0 fully saturated rings. The molecule has 0 aliphatic carbocycles. The molecular formula is C12H10ClNO4S. The van der Waals surface area contributed by atoms with Crippen LogP contribution in [0, 0.1) is 10.1 Å². The summed E-state index contributed by atoms with van der Waals surface area (Å²) in [5.41, 5.74) is -0.157. The van der Waals surface area contributed by atoms with Gasteiger partial charge < -0.3 is 9.84 Å². The van der Waals surface area contributed by atoms with E-state index in [1.165, 1.54) is 6.07 Å². The van der Waals surface area contributed by atoms with E-state index in [2.05, 4.69) is 0 Å². The fourth-order valence-electron chi connectivity index (χ4n) is 1.40. The van der Waals surface area contributed by atoms with Gasteiger partial charge in [-0.3, -0.25) is 10.1 Å². The van der Waals surface area contributed by atoms with E-state index >= 15 is 0 Å². The Morgan fingerprint density at radius 3 is 2.58 bits per heavy atom. The van der Waals surface area contributed by atoms with Gasteiger partial charge in [0, 0.05) is 16.0 Å². The fraction of sp³-hybridized carbons (Fsp3) is 0.167. The largest absolute Gasteiger partial charge is 0.440 e. The Kier molecular flexibility index (Phi) is 4.04. The lowest BCUT2D eigenvalue weighted by Crippen LogP contribution is -1.89. The van der Waals surface area contributed by atoms with E-state index in [1.807, 2.05) is 0 Å². The molecule has 0 aliphatic rings. The molecule has 0 bridgehead atoms. The molecule has 1 aromatic heterocycles. The van der Waals surface area contributed by atoms with Crippen LogP contribution in [0.2, 0.25) is 5.02 Å². The molecule has 0 radical (unpaired) electrons. The number of rotatable bonds is 4. The normalized spacial score (nSPS) is 12.2. The molecule has 0 amide bonds. The second-order valence-corrected chi connectivity index (χ2v) is 5.29. The first kappa shape index (κ1) is 13.8. The lowest BCUT2D eigenvalue weighted by molar-refractivity contribution is -0.385. The Morgan fingerprint density at radius 2 is 2.05 bits per heavy atom. The van der Waals surface area contributed by atoms with E-state index in [1.54, 1.807) is 31.2 Å². The molecular weight excluding hydrogens is 290 g/mol. The molecule has 19 heavy (non-hydrogen) atoms. The highest BCUT2D eigenvalue weighted by atomic mass is 35.5. The number of thiophene rings is 1. The molecule has 0 saturated heterocycles. The highest BCUT2D eigenvalue weighted by Crippen LogP contribution is 2.41. The molecule has 100 valence electrons. The van der Waals surface area contributed by atoms with E-state index in [0.29, 0.717) is 15.6 Å². The number of hydrogen-bond acceptors (Lipinski definition) is 5. The zero-order valence-electron chi connectivity index (χ0n) is 9.87. The van der Waals surface area contributed by atoms with Gasteiger partial charge in [0.25, 0.3) is 5.06 Å². The van der Waals surface area contributed by atoms with Crippen LogP contribution in [0.4, 0.5) is 5.69 Å². The highest BCUT2D eigenvalue weighted by Gasteiger charge is 2.22. The first-order valence-corrected chi connectivity index (χ1v) is 6.56. The number of hydrogen-bond donors (Lipinski definition) is 1. The molecule has 1 aromatic carbocycles. The summed E-state index contributed by atoms with van der Waals surface area (Å²) >= 11 is 6.80. The van der Waals surface area contributed by atoms with Crippen LogP contribution in [-0.2, 0) is 0 Å². The average Bonchev–Trinajstić information content (AvgIpc) is 2.76. The van der Waals surface area contributed by atoms with Gasteiger partial charge in [0.05, 0.1) is 11.0 Å². The topological polar surface area (TPSA) is 72.6 Å². The molecule has 1 heterocycles. The van der Waals surface area contributed by atoms with Crippen molar-refractivity contribution in [3.8, 4) is 10.8 Å². The minimum atomic E-state index is -0.772. The predicted molar refractivity (Wildman–Crippen MR) is 73.1 cm³/mol. The smallest absolute Gasteiger partial charge is 0.323 e. The number of ether oxygens (including phenoxy) is 1. The van der Waals surface area contributed by atoms with Gasteiger partial charge >= 0.3 is 5.69 Å². The van der Waals surface area contributed by atoms with Crippen LogP contribution < -0.4 is 4.74 Å². The van der Waals surface area contributed by atoms with Crippen LogP contribution in [0.1, 0.15) is 17.9 Å². The van der Waals surface area contributed by atoms with E-state index in [0.717, 1.165) is 11.3 Å². The summed E-state index contributed by atoms with van der Waals surface area (Å²) in [6, 6.07) is 7.82. The third kappa shape index (κ3) is 3.23.